The van der Waals surface area contributed by atoms with Gasteiger partial charge in [0.05, 0.1) is 5.56 Å². The zero-order valence-corrected chi connectivity index (χ0v) is 10.7. The number of amides is 1. The maximum Gasteiger partial charge on any atom is 0.269 e. The Hall–Kier alpha value is -0.660. The van der Waals surface area contributed by atoms with E-state index in [4.69, 9.17) is 0 Å². The second-order valence-electron chi connectivity index (χ2n) is 3.21. The SMILES string of the molecule is O=C1c2ccccc2S(=O)(=O)N1CCSS. The molecule has 0 saturated carbocycles. The predicted octanol–water partition coefficient (Wildman–Crippen LogP) is 1.41. The van der Waals surface area contributed by atoms with Crippen molar-refractivity contribution in [1.82, 2.24) is 4.31 Å². The van der Waals surface area contributed by atoms with E-state index >= 15 is 0 Å². The normalized spacial score (nSPS) is 17.6. The fourth-order valence-corrected chi connectivity index (χ4v) is 3.77. The third-order valence-electron chi connectivity index (χ3n) is 2.30. The summed E-state index contributed by atoms with van der Waals surface area (Å²) in [6.07, 6.45) is 0. The quantitative estimate of drug-likeness (QED) is 0.669. The van der Waals surface area contributed by atoms with E-state index in [1.807, 2.05) is 0 Å². The summed E-state index contributed by atoms with van der Waals surface area (Å²) in [7, 11) is -2.43. The molecule has 0 spiro atoms. The van der Waals surface area contributed by atoms with Gasteiger partial charge in [0, 0.05) is 12.3 Å². The molecule has 1 aromatic carbocycles. The van der Waals surface area contributed by atoms with Crippen LogP contribution in [0, 0.1) is 0 Å². The first-order valence-electron chi connectivity index (χ1n) is 4.51. The molecule has 1 aliphatic heterocycles. The van der Waals surface area contributed by atoms with Crippen LogP contribution in [0.1, 0.15) is 10.4 Å². The third-order valence-corrected chi connectivity index (χ3v) is 5.05. The Labute approximate surface area is 103 Å². The molecule has 4 nitrogen and oxygen atoms in total. The van der Waals surface area contributed by atoms with E-state index in [9.17, 15) is 13.2 Å². The van der Waals surface area contributed by atoms with Gasteiger partial charge in [0.15, 0.2) is 0 Å². The Bertz CT molecular complexity index is 527. The van der Waals surface area contributed by atoms with Crippen LogP contribution in [0.15, 0.2) is 29.2 Å². The van der Waals surface area contributed by atoms with Crippen molar-refractivity contribution in [2.24, 2.45) is 0 Å². The summed E-state index contributed by atoms with van der Waals surface area (Å²) in [5.74, 6) is 0.0280. The maximum atomic E-state index is 12.0. The van der Waals surface area contributed by atoms with Crippen LogP contribution in [-0.4, -0.2) is 30.9 Å². The van der Waals surface area contributed by atoms with E-state index in [0.717, 1.165) is 4.31 Å². The molecule has 1 aliphatic rings. The topological polar surface area (TPSA) is 54.5 Å². The lowest BCUT2D eigenvalue weighted by Crippen LogP contribution is -2.31. The largest absolute Gasteiger partial charge is 0.269 e. The lowest BCUT2D eigenvalue weighted by atomic mass is 10.2. The number of fused-ring (bicyclic) bond motifs is 1. The summed E-state index contributed by atoms with van der Waals surface area (Å²) in [5, 5.41) is 0. The summed E-state index contributed by atoms with van der Waals surface area (Å²) in [6.45, 7) is 0.157. The highest BCUT2D eigenvalue weighted by atomic mass is 33.1. The van der Waals surface area contributed by atoms with E-state index in [1.54, 1.807) is 12.1 Å². The summed E-state index contributed by atoms with van der Waals surface area (Å²) in [5.41, 5.74) is 0.256. The molecule has 0 bridgehead atoms. The molecule has 0 atom stereocenters. The minimum absolute atomic E-state index is 0.101. The maximum absolute atomic E-state index is 12.0. The molecule has 7 heteroatoms. The molecule has 16 heavy (non-hydrogen) atoms. The first-order chi connectivity index (χ1) is 7.59. The van der Waals surface area contributed by atoms with Crippen LogP contribution < -0.4 is 0 Å². The van der Waals surface area contributed by atoms with E-state index in [1.165, 1.54) is 22.9 Å². The van der Waals surface area contributed by atoms with E-state index in [-0.39, 0.29) is 17.0 Å². The molecule has 0 aliphatic carbocycles. The van der Waals surface area contributed by atoms with Gasteiger partial charge in [0.2, 0.25) is 0 Å². The molecule has 1 amide bonds. The Balaban J connectivity index is 2.46. The monoisotopic (exact) mass is 275 g/mol. The Kier molecular flexibility index (Phi) is 3.18. The summed E-state index contributed by atoms with van der Waals surface area (Å²) in [6, 6.07) is 6.25. The van der Waals surface area contributed by atoms with Crippen LogP contribution in [0.25, 0.3) is 0 Å². The van der Waals surface area contributed by atoms with Gasteiger partial charge in [-0.25, -0.2) is 12.7 Å². The standard InChI is InChI=1S/C9H9NO3S3/c11-9-7-3-1-2-4-8(7)16(12,13)10(9)5-6-15-14/h1-4,14H,5-6H2. The highest BCUT2D eigenvalue weighted by molar-refractivity contribution is 8.68. The predicted molar refractivity (Wildman–Crippen MR) is 66.1 cm³/mol. The second kappa shape index (κ2) is 4.31. The van der Waals surface area contributed by atoms with E-state index < -0.39 is 15.9 Å². The van der Waals surface area contributed by atoms with Gasteiger partial charge in [-0.05, 0) is 12.1 Å². The van der Waals surface area contributed by atoms with Crippen LogP contribution in [0.4, 0.5) is 0 Å². The molecule has 1 aromatic rings. The number of hydrogen-bond donors (Lipinski definition) is 1. The Morgan fingerprint density at radius 1 is 1.31 bits per heavy atom. The number of thiol groups is 1. The molecule has 0 saturated heterocycles. The smallest absolute Gasteiger partial charge is 0.268 e. The average molecular weight is 275 g/mol. The van der Waals surface area contributed by atoms with Crippen LogP contribution in [0.2, 0.25) is 0 Å². The van der Waals surface area contributed by atoms with Crippen molar-refractivity contribution in [2.45, 2.75) is 4.90 Å². The highest BCUT2D eigenvalue weighted by Gasteiger charge is 2.40. The van der Waals surface area contributed by atoms with Gasteiger partial charge < -0.3 is 0 Å². The third kappa shape index (κ3) is 1.72. The molecular formula is C9H9NO3S3. The van der Waals surface area contributed by atoms with Crippen molar-refractivity contribution in [1.29, 1.82) is 0 Å². The number of nitrogens with zero attached hydrogens (tertiary/aromatic N) is 1. The molecule has 0 fully saturated rings. The fraction of sp³-hybridized carbons (Fsp3) is 0.222. The molecule has 0 radical (unpaired) electrons. The highest BCUT2D eigenvalue weighted by Crippen LogP contribution is 2.29. The molecule has 0 aromatic heterocycles. The van der Waals surface area contributed by atoms with Crippen molar-refractivity contribution < 1.29 is 13.2 Å². The number of carbonyl (C=O) groups is 1. The number of carbonyl (C=O) groups excluding carboxylic acids is 1. The van der Waals surface area contributed by atoms with E-state index in [2.05, 4.69) is 11.7 Å². The fourth-order valence-electron chi connectivity index (χ4n) is 1.58. The Morgan fingerprint density at radius 3 is 2.62 bits per heavy atom. The Morgan fingerprint density at radius 2 is 2.00 bits per heavy atom. The first kappa shape index (κ1) is 11.8. The number of hydrogen-bond acceptors (Lipinski definition) is 5. The van der Waals surface area contributed by atoms with Crippen molar-refractivity contribution in [2.75, 3.05) is 12.3 Å². The van der Waals surface area contributed by atoms with Gasteiger partial charge in [-0.1, -0.05) is 22.9 Å². The van der Waals surface area contributed by atoms with Crippen molar-refractivity contribution in [3.8, 4) is 0 Å². The van der Waals surface area contributed by atoms with Gasteiger partial charge in [-0.15, -0.1) is 11.7 Å². The number of rotatable bonds is 3. The summed E-state index contributed by atoms with van der Waals surface area (Å²) in [4.78, 5) is 11.9. The summed E-state index contributed by atoms with van der Waals surface area (Å²) < 4.78 is 24.8. The minimum Gasteiger partial charge on any atom is -0.268 e. The number of sulfonamides is 1. The molecule has 0 N–H and O–H groups in total. The van der Waals surface area contributed by atoms with Crippen LogP contribution >= 0.6 is 22.5 Å². The molecule has 1 heterocycles. The molecule has 2 rings (SSSR count). The van der Waals surface area contributed by atoms with Crippen molar-refractivity contribution >= 4 is 38.4 Å². The lowest BCUT2D eigenvalue weighted by Gasteiger charge is -2.13. The van der Waals surface area contributed by atoms with Crippen molar-refractivity contribution in [3.05, 3.63) is 29.8 Å². The minimum atomic E-state index is -3.63. The molecule has 86 valence electrons. The van der Waals surface area contributed by atoms with Gasteiger partial charge in [0.25, 0.3) is 15.9 Å². The molecular weight excluding hydrogens is 266 g/mol. The first-order valence-corrected chi connectivity index (χ1v) is 7.99. The zero-order chi connectivity index (χ0) is 11.8. The van der Waals surface area contributed by atoms with Crippen LogP contribution in [0.5, 0.6) is 0 Å². The number of benzene rings is 1. The van der Waals surface area contributed by atoms with E-state index in [0.29, 0.717) is 5.75 Å². The lowest BCUT2D eigenvalue weighted by molar-refractivity contribution is 0.0876. The summed E-state index contributed by atoms with van der Waals surface area (Å²) >= 11 is 3.93. The van der Waals surface area contributed by atoms with Gasteiger partial charge in [0.1, 0.15) is 4.90 Å². The second-order valence-corrected chi connectivity index (χ2v) is 6.48. The average Bonchev–Trinajstić information content (AvgIpc) is 2.46. The molecule has 0 unspecified atom stereocenters. The van der Waals surface area contributed by atoms with Crippen LogP contribution in [-0.2, 0) is 10.0 Å². The van der Waals surface area contributed by atoms with Crippen LogP contribution in [0.3, 0.4) is 0 Å². The van der Waals surface area contributed by atoms with Gasteiger partial charge in [-0.3, -0.25) is 4.79 Å². The van der Waals surface area contributed by atoms with Crippen molar-refractivity contribution in [3.63, 3.8) is 0 Å². The zero-order valence-electron chi connectivity index (χ0n) is 8.16. The van der Waals surface area contributed by atoms with Gasteiger partial charge >= 0.3 is 0 Å². The van der Waals surface area contributed by atoms with Gasteiger partial charge in [-0.2, -0.15) is 0 Å².